The Labute approximate surface area is 185 Å². The first-order chi connectivity index (χ1) is 14.9. The van der Waals surface area contributed by atoms with Crippen LogP contribution in [0.5, 0.6) is 0 Å². The van der Waals surface area contributed by atoms with Crippen LogP contribution in [-0.2, 0) is 16.4 Å². The van der Waals surface area contributed by atoms with Crippen molar-refractivity contribution in [2.45, 2.75) is 36.9 Å². The summed E-state index contributed by atoms with van der Waals surface area (Å²) >= 11 is 1.25. The highest BCUT2D eigenvalue weighted by atomic mass is 32.2. The lowest BCUT2D eigenvalue weighted by Crippen LogP contribution is -2.27. The summed E-state index contributed by atoms with van der Waals surface area (Å²) in [6.07, 6.45) is 5.81. The number of carbonyl (C=O) groups is 2. The number of Topliss-reactive ketones (excluding diaryl/α,β-unsaturated/α-hetero) is 1. The van der Waals surface area contributed by atoms with Crippen LogP contribution in [-0.4, -0.2) is 75.1 Å². The van der Waals surface area contributed by atoms with E-state index in [0.29, 0.717) is 35.2 Å². The second-order valence-corrected chi connectivity index (χ2v) is 11.0. The van der Waals surface area contributed by atoms with Crippen LogP contribution >= 0.6 is 11.8 Å². The number of rotatable bonds is 8. The molecule has 1 N–H and O–H groups in total. The topological polar surface area (TPSA) is 118 Å². The molecule has 1 atom stereocenters. The van der Waals surface area contributed by atoms with Gasteiger partial charge in [-0.05, 0) is 25.3 Å². The highest BCUT2D eigenvalue weighted by molar-refractivity contribution is 7.99. The maximum atomic E-state index is 12.7. The van der Waals surface area contributed by atoms with Gasteiger partial charge in [-0.2, -0.15) is 0 Å². The quantitative estimate of drug-likeness (QED) is 0.361. The van der Waals surface area contributed by atoms with Gasteiger partial charge in [0.05, 0.1) is 17.3 Å². The van der Waals surface area contributed by atoms with Crippen LogP contribution in [0.4, 0.5) is 0 Å². The number of H-pyrrole nitrogens is 1. The zero-order chi connectivity index (χ0) is 22.0. The summed E-state index contributed by atoms with van der Waals surface area (Å²) in [4.78, 5) is 29.8. The first-order valence-electron chi connectivity index (χ1n) is 10.3. The smallest absolute Gasteiger partial charge is 0.270 e. The van der Waals surface area contributed by atoms with Gasteiger partial charge in [0.1, 0.15) is 11.5 Å². The predicted octanol–water partition coefficient (Wildman–Crippen LogP) is 1.91. The maximum Gasteiger partial charge on any atom is 0.270 e. The number of amides is 1. The summed E-state index contributed by atoms with van der Waals surface area (Å²) in [6, 6.07) is 1.60. The molecule has 4 heterocycles. The zero-order valence-electron chi connectivity index (χ0n) is 17.1. The Morgan fingerprint density at radius 1 is 1.29 bits per heavy atom. The third kappa shape index (κ3) is 4.77. The van der Waals surface area contributed by atoms with E-state index in [4.69, 9.17) is 0 Å². The van der Waals surface area contributed by atoms with Crippen LogP contribution in [0.2, 0.25) is 0 Å². The van der Waals surface area contributed by atoms with E-state index in [1.165, 1.54) is 11.8 Å². The van der Waals surface area contributed by atoms with Crippen molar-refractivity contribution in [1.82, 2.24) is 24.6 Å². The van der Waals surface area contributed by atoms with Crippen LogP contribution in [0, 0.1) is 0 Å². The molecule has 0 spiro atoms. The van der Waals surface area contributed by atoms with E-state index in [2.05, 4.69) is 21.8 Å². The number of nitrogens with one attached hydrogen (secondary N) is 1. The molecule has 4 rings (SSSR count). The van der Waals surface area contributed by atoms with Gasteiger partial charge >= 0.3 is 0 Å². The molecule has 2 aromatic heterocycles. The highest BCUT2D eigenvalue weighted by Crippen LogP contribution is 2.30. The third-order valence-corrected chi connectivity index (χ3v) is 8.35. The molecule has 2 aliphatic heterocycles. The maximum absolute atomic E-state index is 12.7. The average Bonchev–Trinajstić information content (AvgIpc) is 3.52. The van der Waals surface area contributed by atoms with Gasteiger partial charge in [-0.25, -0.2) is 8.42 Å². The monoisotopic (exact) mass is 463 g/mol. The number of ketones is 1. The van der Waals surface area contributed by atoms with Crippen LogP contribution in [0.15, 0.2) is 30.1 Å². The Hall–Kier alpha value is -2.40. The third-order valence-electron chi connectivity index (χ3n) is 5.62. The second kappa shape index (κ2) is 8.99. The number of hydrogen-bond acceptors (Lipinski definition) is 7. The van der Waals surface area contributed by atoms with Crippen LogP contribution in [0.25, 0.3) is 0 Å². The molecule has 166 valence electrons. The Morgan fingerprint density at radius 3 is 2.74 bits per heavy atom. The number of sulfone groups is 1. The molecule has 2 saturated heterocycles. The fourth-order valence-electron chi connectivity index (χ4n) is 3.99. The van der Waals surface area contributed by atoms with Gasteiger partial charge in [-0.1, -0.05) is 17.8 Å². The number of nitrogens with zero attached hydrogens (tertiary/aromatic N) is 4. The lowest BCUT2D eigenvalue weighted by Gasteiger charge is -2.13. The molecule has 0 bridgehead atoms. The van der Waals surface area contributed by atoms with Gasteiger partial charge in [-0.15, -0.1) is 16.8 Å². The van der Waals surface area contributed by atoms with Crippen molar-refractivity contribution in [1.29, 1.82) is 0 Å². The van der Waals surface area contributed by atoms with E-state index in [0.717, 1.165) is 25.9 Å². The van der Waals surface area contributed by atoms with Crippen molar-refractivity contribution in [3.8, 4) is 0 Å². The number of aromatic amines is 1. The minimum atomic E-state index is -3.04. The largest absolute Gasteiger partial charge is 0.356 e. The second-order valence-electron chi connectivity index (χ2n) is 7.85. The standard InChI is InChI=1S/C20H25N5O4S2/c1-2-6-25-18(14-5-9-31(28,29)13-14)22-23-20(25)30-12-17(26)15-10-16(21-11-15)19(27)24-7-3-4-8-24/h2,10-11,14,21H,1,3-9,12-13H2/t14-/m0/s1. The number of likely N-dealkylation sites (tertiary alicyclic amines) is 1. The normalized spacial score (nSPS) is 20.3. The number of allylic oxidation sites excluding steroid dienone is 1. The van der Waals surface area contributed by atoms with E-state index in [-0.39, 0.29) is 34.9 Å². The lowest BCUT2D eigenvalue weighted by molar-refractivity contribution is 0.0787. The lowest BCUT2D eigenvalue weighted by atomic mass is 10.1. The molecule has 9 nitrogen and oxygen atoms in total. The van der Waals surface area contributed by atoms with E-state index >= 15 is 0 Å². The fourth-order valence-corrected chi connectivity index (χ4v) is 6.58. The first kappa shape index (κ1) is 21.8. The Bertz CT molecular complexity index is 1100. The minimum absolute atomic E-state index is 0.0725. The van der Waals surface area contributed by atoms with Crippen LogP contribution < -0.4 is 0 Å². The minimum Gasteiger partial charge on any atom is -0.356 e. The summed E-state index contributed by atoms with van der Waals surface area (Å²) in [7, 11) is -3.04. The molecule has 2 aromatic rings. The zero-order valence-corrected chi connectivity index (χ0v) is 18.8. The Balaban J connectivity index is 1.42. The average molecular weight is 464 g/mol. The Morgan fingerprint density at radius 2 is 2.06 bits per heavy atom. The number of aromatic nitrogens is 4. The number of thioether (sulfide) groups is 1. The fraction of sp³-hybridized carbons (Fsp3) is 0.500. The summed E-state index contributed by atoms with van der Waals surface area (Å²) in [6.45, 7) is 5.70. The van der Waals surface area contributed by atoms with Crippen molar-refractivity contribution < 1.29 is 18.0 Å². The van der Waals surface area contributed by atoms with Crippen molar-refractivity contribution in [3.05, 3.63) is 42.0 Å². The van der Waals surface area contributed by atoms with Gasteiger partial charge in [0.2, 0.25) is 0 Å². The SMILES string of the molecule is C=CCn1c(SCC(=O)c2c[nH]c(C(=O)N3CCCC3)c2)nnc1[C@H]1CCS(=O)(=O)C1. The predicted molar refractivity (Wildman–Crippen MR) is 117 cm³/mol. The summed E-state index contributed by atoms with van der Waals surface area (Å²) in [5, 5.41) is 8.96. The molecule has 0 saturated carbocycles. The van der Waals surface area contributed by atoms with Gasteiger partial charge in [0.25, 0.3) is 5.91 Å². The molecular weight excluding hydrogens is 438 g/mol. The first-order valence-corrected chi connectivity index (χ1v) is 13.1. The van der Waals surface area contributed by atoms with Crippen molar-refractivity contribution in [3.63, 3.8) is 0 Å². The van der Waals surface area contributed by atoms with Crippen molar-refractivity contribution >= 4 is 33.3 Å². The van der Waals surface area contributed by atoms with E-state index in [9.17, 15) is 18.0 Å². The highest BCUT2D eigenvalue weighted by Gasteiger charge is 2.33. The van der Waals surface area contributed by atoms with Gasteiger partial charge in [0, 0.05) is 37.3 Å². The molecule has 11 heteroatoms. The molecule has 0 radical (unpaired) electrons. The Kier molecular flexibility index (Phi) is 6.33. The molecular formula is C20H25N5O4S2. The summed E-state index contributed by atoms with van der Waals surface area (Å²) in [5.74, 6) is 0.593. The van der Waals surface area contributed by atoms with Crippen molar-refractivity contribution in [2.24, 2.45) is 0 Å². The number of carbonyl (C=O) groups excluding carboxylic acids is 2. The molecule has 0 unspecified atom stereocenters. The summed E-state index contributed by atoms with van der Waals surface area (Å²) in [5.41, 5.74) is 0.877. The molecule has 1 amide bonds. The van der Waals surface area contributed by atoms with Gasteiger partial charge in [-0.3, -0.25) is 9.59 Å². The van der Waals surface area contributed by atoms with Crippen LogP contribution in [0.3, 0.4) is 0 Å². The molecule has 0 aliphatic carbocycles. The van der Waals surface area contributed by atoms with Gasteiger partial charge < -0.3 is 14.5 Å². The summed E-state index contributed by atoms with van der Waals surface area (Å²) < 4.78 is 25.5. The van der Waals surface area contributed by atoms with Gasteiger partial charge in [0.15, 0.2) is 20.8 Å². The molecule has 2 fully saturated rings. The van der Waals surface area contributed by atoms with E-state index < -0.39 is 9.84 Å². The van der Waals surface area contributed by atoms with Crippen LogP contribution in [0.1, 0.15) is 51.9 Å². The van der Waals surface area contributed by atoms with Crippen molar-refractivity contribution in [2.75, 3.05) is 30.3 Å². The molecule has 2 aliphatic rings. The van der Waals surface area contributed by atoms with E-state index in [1.54, 1.807) is 23.2 Å². The molecule has 0 aromatic carbocycles. The van der Waals surface area contributed by atoms with E-state index in [1.807, 2.05) is 4.57 Å². The number of hydrogen-bond donors (Lipinski definition) is 1. The molecule has 31 heavy (non-hydrogen) atoms.